The predicted octanol–water partition coefficient (Wildman–Crippen LogP) is 5.46. The van der Waals surface area contributed by atoms with Crippen molar-refractivity contribution in [1.29, 1.82) is 0 Å². The van der Waals surface area contributed by atoms with Gasteiger partial charge in [0.1, 0.15) is 16.8 Å². The van der Waals surface area contributed by atoms with E-state index in [9.17, 15) is 4.79 Å². The van der Waals surface area contributed by atoms with Gasteiger partial charge in [0.15, 0.2) is 0 Å². The lowest BCUT2D eigenvalue weighted by Gasteiger charge is -2.05. The number of methoxy groups -OCH3 is 1. The van der Waals surface area contributed by atoms with Crippen LogP contribution in [0.15, 0.2) is 65.1 Å². The molecule has 0 saturated heterocycles. The lowest BCUT2D eigenvalue weighted by molar-refractivity contribution is -0.111. The molecule has 3 aromatic carbocycles. The molecular formula is C24H21BrN4O2. The lowest BCUT2D eigenvalue weighted by atomic mass is 10.1. The largest absolute Gasteiger partial charge is 0.496 e. The zero-order chi connectivity index (χ0) is 22.0. The molecule has 0 fully saturated rings. The molecule has 0 unspecified atom stereocenters. The molecule has 6 nitrogen and oxygen atoms in total. The molecule has 1 N–H and O–H groups in total. The van der Waals surface area contributed by atoms with Crippen molar-refractivity contribution in [2.24, 2.45) is 0 Å². The number of aromatic nitrogens is 3. The number of anilines is 1. The van der Waals surface area contributed by atoms with Crippen LogP contribution >= 0.6 is 15.9 Å². The van der Waals surface area contributed by atoms with Gasteiger partial charge in [0.2, 0.25) is 5.91 Å². The summed E-state index contributed by atoms with van der Waals surface area (Å²) in [5.41, 5.74) is 6.21. The molecule has 0 saturated carbocycles. The second kappa shape index (κ2) is 8.73. The molecule has 1 heterocycles. The van der Waals surface area contributed by atoms with Gasteiger partial charge in [-0.2, -0.15) is 4.80 Å². The molecule has 0 radical (unpaired) electrons. The number of fused-ring (bicyclic) bond motifs is 1. The molecule has 0 atom stereocenters. The summed E-state index contributed by atoms with van der Waals surface area (Å²) in [5.74, 6) is 0.444. The zero-order valence-electron chi connectivity index (χ0n) is 17.4. The van der Waals surface area contributed by atoms with Crippen molar-refractivity contribution in [3.05, 3.63) is 81.8 Å². The van der Waals surface area contributed by atoms with Crippen LogP contribution in [0.25, 0.3) is 22.8 Å². The number of nitrogens with one attached hydrogen (secondary N) is 1. The van der Waals surface area contributed by atoms with Crippen LogP contribution in [0.3, 0.4) is 0 Å². The Hall–Kier alpha value is -3.45. The van der Waals surface area contributed by atoms with Crippen molar-refractivity contribution in [2.75, 3.05) is 12.4 Å². The normalized spacial score (nSPS) is 11.2. The molecule has 7 heteroatoms. The highest BCUT2D eigenvalue weighted by Gasteiger charge is 2.08. The summed E-state index contributed by atoms with van der Waals surface area (Å²) in [6.07, 6.45) is 3.19. The number of hydrogen-bond donors (Lipinski definition) is 1. The Morgan fingerprint density at radius 1 is 1.00 bits per heavy atom. The number of aryl methyl sites for hydroxylation is 2. The first-order valence-electron chi connectivity index (χ1n) is 9.70. The number of halogens is 1. The lowest BCUT2D eigenvalue weighted by Crippen LogP contribution is -2.07. The quantitative estimate of drug-likeness (QED) is 0.388. The standard InChI is InChI=1S/C24H21BrN4O2/c1-15-4-8-20(12-16(15)2)29-27-21-9-7-19(14-22(21)28-29)26-24(30)11-5-17-13-18(25)6-10-23(17)31-3/h4-14H,1-3H3,(H,26,30). The molecule has 0 bridgehead atoms. The molecule has 1 aromatic heterocycles. The summed E-state index contributed by atoms with van der Waals surface area (Å²) in [6.45, 7) is 4.13. The Balaban J connectivity index is 1.53. The minimum Gasteiger partial charge on any atom is -0.496 e. The number of carbonyl (C=O) groups excluding carboxylic acids is 1. The number of benzene rings is 3. The maximum atomic E-state index is 12.4. The van der Waals surface area contributed by atoms with Gasteiger partial charge in [-0.15, -0.1) is 10.2 Å². The Labute approximate surface area is 188 Å². The number of hydrogen-bond acceptors (Lipinski definition) is 4. The van der Waals surface area contributed by atoms with Gasteiger partial charge in [-0.25, -0.2) is 0 Å². The summed E-state index contributed by atoms with van der Waals surface area (Å²) in [7, 11) is 1.60. The number of rotatable bonds is 5. The summed E-state index contributed by atoms with van der Waals surface area (Å²) in [5, 5.41) is 12.0. The first-order chi connectivity index (χ1) is 14.9. The topological polar surface area (TPSA) is 69.0 Å². The number of carbonyl (C=O) groups is 1. The third-order valence-corrected chi connectivity index (χ3v) is 5.47. The highest BCUT2D eigenvalue weighted by molar-refractivity contribution is 9.10. The van der Waals surface area contributed by atoms with Crippen molar-refractivity contribution >= 4 is 44.6 Å². The molecular weight excluding hydrogens is 456 g/mol. The van der Waals surface area contributed by atoms with Crippen molar-refractivity contribution in [3.63, 3.8) is 0 Å². The second-order valence-electron chi connectivity index (χ2n) is 7.17. The van der Waals surface area contributed by atoms with E-state index < -0.39 is 0 Å². The number of amides is 1. The monoisotopic (exact) mass is 476 g/mol. The van der Waals surface area contributed by atoms with E-state index in [1.165, 1.54) is 17.2 Å². The minimum absolute atomic E-state index is 0.247. The summed E-state index contributed by atoms with van der Waals surface area (Å²) in [6, 6.07) is 17.2. The molecule has 1 amide bonds. The van der Waals surface area contributed by atoms with Crippen LogP contribution in [0.5, 0.6) is 5.75 Å². The third-order valence-electron chi connectivity index (χ3n) is 4.98. The van der Waals surface area contributed by atoms with Gasteiger partial charge in [0.05, 0.1) is 12.8 Å². The van der Waals surface area contributed by atoms with Gasteiger partial charge in [-0.05, 0) is 79.6 Å². The summed E-state index contributed by atoms with van der Waals surface area (Å²) >= 11 is 3.43. The fourth-order valence-electron chi connectivity index (χ4n) is 3.14. The van der Waals surface area contributed by atoms with Crippen molar-refractivity contribution < 1.29 is 9.53 Å². The summed E-state index contributed by atoms with van der Waals surface area (Å²) in [4.78, 5) is 14.0. The fraction of sp³-hybridized carbons (Fsp3) is 0.125. The van der Waals surface area contributed by atoms with Crippen LogP contribution in [0.2, 0.25) is 0 Å². The van der Waals surface area contributed by atoms with Crippen molar-refractivity contribution in [2.45, 2.75) is 13.8 Å². The molecule has 0 aliphatic carbocycles. The first-order valence-corrected chi connectivity index (χ1v) is 10.5. The Kier molecular flexibility index (Phi) is 5.86. The van der Waals surface area contributed by atoms with Gasteiger partial charge in [0.25, 0.3) is 0 Å². The van der Waals surface area contributed by atoms with Crippen LogP contribution in [0.1, 0.15) is 16.7 Å². The van der Waals surface area contributed by atoms with Crippen LogP contribution < -0.4 is 10.1 Å². The predicted molar refractivity (Wildman–Crippen MR) is 127 cm³/mol. The molecule has 0 aliphatic rings. The molecule has 156 valence electrons. The molecule has 0 aliphatic heterocycles. The number of ether oxygens (including phenoxy) is 1. The maximum absolute atomic E-state index is 12.4. The van der Waals surface area contributed by atoms with Crippen LogP contribution in [-0.4, -0.2) is 28.0 Å². The van der Waals surface area contributed by atoms with Gasteiger partial charge < -0.3 is 10.1 Å². The Morgan fingerprint density at radius 2 is 1.81 bits per heavy atom. The van der Waals surface area contributed by atoms with Gasteiger partial charge in [-0.3, -0.25) is 4.79 Å². The molecule has 4 aromatic rings. The van der Waals surface area contributed by atoms with Gasteiger partial charge in [-0.1, -0.05) is 22.0 Å². The fourth-order valence-corrected chi connectivity index (χ4v) is 3.52. The van der Waals surface area contributed by atoms with Crippen LogP contribution in [0.4, 0.5) is 5.69 Å². The van der Waals surface area contributed by atoms with E-state index in [1.54, 1.807) is 18.0 Å². The average Bonchev–Trinajstić information content (AvgIpc) is 3.17. The van der Waals surface area contributed by atoms with Crippen molar-refractivity contribution in [3.8, 4) is 11.4 Å². The number of nitrogens with zero attached hydrogens (tertiary/aromatic N) is 3. The van der Waals surface area contributed by atoms with E-state index in [4.69, 9.17) is 4.74 Å². The summed E-state index contributed by atoms with van der Waals surface area (Å²) < 4.78 is 6.24. The van der Waals surface area contributed by atoms with E-state index in [0.717, 1.165) is 21.2 Å². The SMILES string of the molecule is COc1ccc(Br)cc1C=CC(=O)Nc1ccc2nn(-c3ccc(C)c(C)c3)nc2c1. The molecule has 4 rings (SSSR count). The van der Waals surface area contributed by atoms with Crippen LogP contribution in [-0.2, 0) is 4.79 Å². The van der Waals surface area contributed by atoms with Crippen molar-refractivity contribution in [1.82, 2.24) is 15.0 Å². The highest BCUT2D eigenvalue weighted by Crippen LogP contribution is 2.24. The van der Waals surface area contributed by atoms with Gasteiger partial charge >= 0.3 is 0 Å². The van der Waals surface area contributed by atoms with Crippen LogP contribution in [0, 0.1) is 13.8 Å². The first kappa shape index (κ1) is 20.8. The van der Waals surface area contributed by atoms with E-state index in [2.05, 4.69) is 57.4 Å². The van der Waals surface area contributed by atoms with Gasteiger partial charge in [0, 0.05) is 21.8 Å². The average molecular weight is 477 g/mol. The molecule has 0 spiro atoms. The molecule has 31 heavy (non-hydrogen) atoms. The van der Waals surface area contributed by atoms with E-state index >= 15 is 0 Å². The minimum atomic E-state index is -0.247. The second-order valence-corrected chi connectivity index (χ2v) is 8.09. The smallest absolute Gasteiger partial charge is 0.248 e. The highest BCUT2D eigenvalue weighted by atomic mass is 79.9. The maximum Gasteiger partial charge on any atom is 0.248 e. The zero-order valence-corrected chi connectivity index (χ0v) is 19.0. The van der Waals surface area contributed by atoms with E-state index in [-0.39, 0.29) is 5.91 Å². The van der Waals surface area contributed by atoms with E-state index in [1.807, 2.05) is 42.5 Å². The third kappa shape index (κ3) is 4.67. The Bertz CT molecular complexity index is 1310. The Morgan fingerprint density at radius 3 is 2.58 bits per heavy atom. The van der Waals surface area contributed by atoms with E-state index in [0.29, 0.717) is 17.0 Å².